The molecule has 0 saturated carbocycles. The summed E-state index contributed by atoms with van der Waals surface area (Å²) in [7, 11) is 0. The number of ether oxygens (including phenoxy) is 1. The summed E-state index contributed by atoms with van der Waals surface area (Å²) in [6.45, 7) is 2.62. The number of allylic oxidation sites excluding steroid dienone is 2. The Morgan fingerprint density at radius 1 is 1.35 bits per heavy atom. The Bertz CT molecular complexity index is 535. The standard InChI is InChI=1S/C14H17N3O3/c1-2-20-14-5-3-4-12(10-14)16-15-11-6-8-13(9-7-11)17(18)19/h6-10,15H,2-5H2,1H3/b16-12+. The molecule has 2 rings (SSSR count). The fraction of sp³-hybridized carbons (Fsp3) is 0.357. The van der Waals surface area contributed by atoms with E-state index in [9.17, 15) is 10.1 Å². The Kier molecular flexibility index (Phi) is 4.70. The minimum Gasteiger partial charge on any atom is -0.498 e. The van der Waals surface area contributed by atoms with E-state index < -0.39 is 4.92 Å². The first kappa shape index (κ1) is 14.0. The van der Waals surface area contributed by atoms with Gasteiger partial charge in [-0.2, -0.15) is 5.10 Å². The number of nitro benzene ring substituents is 1. The van der Waals surface area contributed by atoms with Gasteiger partial charge in [-0.1, -0.05) is 0 Å². The highest BCUT2D eigenvalue weighted by atomic mass is 16.6. The molecule has 0 radical (unpaired) electrons. The van der Waals surface area contributed by atoms with Gasteiger partial charge in [0.05, 0.1) is 28.7 Å². The van der Waals surface area contributed by atoms with Crippen LogP contribution >= 0.6 is 0 Å². The van der Waals surface area contributed by atoms with Crippen molar-refractivity contribution in [3.63, 3.8) is 0 Å². The number of nitro groups is 1. The third-order valence-electron chi connectivity index (χ3n) is 2.92. The van der Waals surface area contributed by atoms with Crippen LogP contribution in [0.5, 0.6) is 0 Å². The number of benzene rings is 1. The second-order valence-corrected chi connectivity index (χ2v) is 4.42. The van der Waals surface area contributed by atoms with Crippen LogP contribution in [0.1, 0.15) is 26.2 Å². The molecule has 1 aliphatic carbocycles. The van der Waals surface area contributed by atoms with E-state index in [-0.39, 0.29) is 5.69 Å². The zero-order valence-electron chi connectivity index (χ0n) is 11.3. The quantitative estimate of drug-likeness (QED) is 0.659. The summed E-state index contributed by atoms with van der Waals surface area (Å²) in [5.74, 6) is 0.961. The molecule has 20 heavy (non-hydrogen) atoms. The molecule has 0 saturated heterocycles. The van der Waals surface area contributed by atoms with Gasteiger partial charge in [-0.15, -0.1) is 0 Å². The van der Waals surface area contributed by atoms with E-state index in [0.29, 0.717) is 6.61 Å². The minimum atomic E-state index is -0.423. The van der Waals surface area contributed by atoms with E-state index in [0.717, 1.165) is 36.4 Å². The minimum absolute atomic E-state index is 0.0689. The van der Waals surface area contributed by atoms with E-state index in [1.54, 1.807) is 12.1 Å². The average Bonchev–Trinajstić information content (AvgIpc) is 2.46. The highest BCUT2D eigenvalue weighted by Gasteiger charge is 2.09. The first-order valence-electron chi connectivity index (χ1n) is 6.59. The first-order valence-corrected chi connectivity index (χ1v) is 6.59. The van der Waals surface area contributed by atoms with Crippen LogP contribution in [0.4, 0.5) is 11.4 Å². The Hall–Kier alpha value is -2.37. The number of rotatable bonds is 5. The Morgan fingerprint density at radius 3 is 2.75 bits per heavy atom. The number of non-ortho nitro benzene ring substituents is 1. The van der Waals surface area contributed by atoms with Crippen LogP contribution in [0, 0.1) is 10.1 Å². The maximum absolute atomic E-state index is 10.6. The molecule has 0 bridgehead atoms. The molecule has 0 aromatic heterocycles. The van der Waals surface area contributed by atoms with Gasteiger partial charge in [-0.05, 0) is 38.0 Å². The van der Waals surface area contributed by atoms with Gasteiger partial charge in [0.1, 0.15) is 0 Å². The van der Waals surface area contributed by atoms with Crippen LogP contribution in [-0.4, -0.2) is 17.2 Å². The summed E-state index contributed by atoms with van der Waals surface area (Å²) >= 11 is 0. The van der Waals surface area contributed by atoms with Crippen molar-refractivity contribution >= 4 is 17.1 Å². The number of nitrogens with one attached hydrogen (secondary N) is 1. The fourth-order valence-corrected chi connectivity index (χ4v) is 1.96. The molecular weight excluding hydrogens is 258 g/mol. The molecule has 0 atom stereocenters. The van der Waals surface area contributed by atoms with Gasteiger partial charge in [0, 0.05) is 18.6 Å². The summed E-state index contributed by atoms with van der Waals surface area (Å²) in [5, 5.41) is 14.9. The van der Waals surface area contributed by atoms with Crippen molar-refractivity contribution in [1.29, 1.82) is 0 Å². The van der Waals surface area contributed by atoms with Gasteiger partial charge in [-0.3, -0.25) is 15.5 Å². The normalized spacial score (nSPS) is 16.6. The molecule has 6 nitrogen and oxygen atoms in total. The molecule has 0 spiro atoms. The maximum Gasteiger partial charge on any atom is 0.269 e. The van der Waals surface area contributed by atoms with Gasteiger partial charge in [0.25, 0.3) is 5.69 Å². The van der Waals surface area contributed by atoms with Gasteiger partial charge >= 0.3 is 0 Å². The van der Waals surface area contributed by atoms with Crippen LogP contribution in [0.15, 0.2) is 41.2 Å². The van der Waals surface area contributed by atoms with Crippen molar-refractivity contribution in [2.24, 2.45) is 5.10 Å². The van der Waals surface area contributed by atoms with Gasteiger partial charge in [0.15, 0.2) is 0 Å². The van der Waals surface area contributed by atoms with Crippen molar-refractivity contribution in [2.75, 3.05) is 12.0 Å². The molecule has 0 fully saturated rings. The second-order valence-electron chi connectivity index (χ2n) is 4.42. The zero-order chi connectivity index (χ0) is 14.4. The lowest BCUT2D eigenvalue weighted by Crippen LogP contribution is -2.08. The number of hydrogen-bond donors (Lipinski definition) is 1. The van der Waals surface area contributed by atoms with E-state index in [4.69, 9.17) is 4.74 Å². The van der Waals surface area contributed by atoms with Crippen molar-refractivity contribution in [3.05, 3.63) is 46.2 Å². The topological polar surface area (TPSA) is 76.8 Å². The Balaban J connectivity index is 2.01. The van der Waals surface area contributed by atoms with E-state index >= 15 is 0 Å². The predicted molar refractivity (Wildman–Crippen MR) is 77.7 cm³/mol. The molecule has 6 heteroatoms. The molecule has 0 aliphatic heterocycles. The first-order chi connectivity index (χ1) is 9.69. The van der Waals surface area contributed by atoms with Crippen molar-refractivity contribution < 1.29 is 9.66 Å². The molecule has 0 amide bonds. The molecular formula is C14H17N3O3. The monoisotopic (exact) mass is 275 g/mol. The maximum atomic E-state index is 10.6. The number of anilines is 1. The van der Waals surface area contributed by atoms with E-state index in [1.165, 1.54) is 12.1 Å². The third-order valence-corrected chi connectivity index (χ3v) is 2.92. The lowest BCUT2D eigenvalue weighted by Gasteiger charge is -2.14. The fourth-order valence-electron chi connectivity index (χ4n) is 1.96. The lowest BCUT2D eigenvalue weighted by molar-refractivity contribution is -0.384. The van der Waals surface area contributed by atoms with Gasteiger partial charge in [0.2, 0.25) is 0 Å². The van der Waals surface area contributed by atoms with Crippen LogP contribution in [0.25, 0.3) is 0 Å². The highest BCUT2D eigenvalue weighted by molar-refractivity contribution is 5.96. The van der Waals surface area contributed by atoms with E-state index in [2.05, 4.69) is 10.5 Å². The van der Waals surface area contributed by atoms with Crippen LogP contribution in [0.2, 0.25) is 0 Å². The Morgan fingerprint density at radius 2 is 2.10 bits per heavy atom. The molecule has 1 aromatic carbocycles. The summed E-state index contributed by atoms with van der Waals surface area (Å²) in [5.41, 5.74) is 4.63. The average molecular weight is 275 g/mol. The third kappa shape index (κ3) is 3.81. The summed E-state index contributed by atoms with van der Waals surface area (Å²) in [4.78, 5) is 10.1. The highest BCUT2D eigenvalue weighted by Crippen LogP contribution is 2.18. The van der Waals surface area contributed by atoms with Crippen molar-refractivity contribution in [1.82, 2.24) is 0 Å². The van der Waals surface area contributed by atoms with E-state index in [1.807, 2.05) is 13.0 Å². The van der Waals surface area contributed by atoms with Crippen molar-refractivity contribution in [2.45, 2.75) is 26.2 Å². The number of hydrazone groups is 1. The van der Waals surface area contributed by atoms with Gasteiger partial charge in [-0.25, -0.2) is 0 Å². The van der Waals surface area contributed by atoms with Crippen LogP contribution in [-0.2, 0) is 4.74 Å². The SMILES string of the molecule is CCOC1=C/C(=N/Nc2ccc([N+](=O)[O-])cc2)CCC1. The molecule has 0 unspecified atom stereocenters. The number of nitrogens with zero attached hydrogens (tertiary/aromatic N) is 2. The van der Waals surface area contributed by atoms with Crippen LogP contribution < -0.4 is 5.43 Å². The molecule has 1 N–H and O–H groups in total. The van der Waals surface area contributed by atoms with Crippen molar-refractivity contribution in [3.8, 4) is 0 Å². The molecule has 0 heterocycles. The second kappa shape index (κ2) is 6.70. The zero-order valence-corrected chi connectivity index (χ0v) is 11.3. The summed E-state index contributed by atoms with van der Waals surface area (Å²) in [6, 6.07) is 6.17. The largest absolute Gasteiger partial charge is 0.498 e. The smallest absolute Gasteiger partial charge is 0.269 e. The molecule has 1 aromatic rings. The number of hydrogen-bond acceptors (Lipinski definition) is 5. The summed E-state index contributed by atoms with van der Waals surface area (Å²) < 4.78 is 5.48. The lowest BCUT2D eigenvalue weighted by atomic mass is 10.0. The Labute approximate surface area is 117 Å². The molecule has 1 aliphatic rings. The summed E-state index contributed by atoms with van der Waals surface area (Å²) in [6.07, 6.45) is 4.82. The van der Waals surface area contributed by atoms with Crippen LogP contribution in [0.3, 0.4) is 0 Å². The predicted octanol–water partition coefficient (Wildman–Crippen LogP) is 3.47. The van der Waals surface area contributed by atoms with Gasteiger partial charge < -0.3 is 4.74 Å². The molecule has 106 valence electrons.